The maximum Gasteiger partial charge on any atom is 0.261 e. The highest BCUT2D eigenvalue weighted by Crippen LogP contribution is 2.07. The smallest absolute Gasteiger partial charge is 0.261 e. The Kier molecular flexibility index (Phi) is 3.25. The highest BCUT2D eigenvalue weighted by Gasteiger charge is 2.16. The van der Waals surface area contributed by atoms with Crippen LogP contribution in [0.5, 0.6) is 0 Å². The van der Waals surface area contributed by atoms with Crippen LogP contribution in [0.4, 0.5) is 0 Å². The van der Waals surface area contributed by atoms with Gasteiger partial charge in [-0.05, 0) is 13.8 Å². The van der Waals surface area contributed by atoms with Gasteiger partial charge in [-0.15, -0.1) is 0 Å². The molecule has 0 atom stereocenters. The van der Waals surface area contributed by atoms with Crippen molar-refractivity contribution in [1.82, 2.24) is 4.31 Å². The summed E-state index contributed by atoms with van der Waals surface area (Å²) >= 11 is 0. The second-order valence-electron chi connectivity index (χ2n) is 2.03. The third kappa shape index (κ3) is 2.04. The number of sulfonamides is 1. The van der Waals surface area contributed by atoms with Crippen LogP contribution in [0.3, 0.4) is 0 Å². The summed E-state index contributed by atoms with van der Waals surface area (Å²) in [5.41, 5.74) is 0. The highest BCUT2D eigenvalue weighted by atomic mass is 32.2. The van der Waals surface area contributed by atoms with Gasteiger partial charge in [-0.1, -0.05) is 6.08 Å². The molecular formula is C6H11NO3S. The zero-order chi connectivity index (χ0) is 9.07. The lowest BCUT2D eigenvalue weighted by atomic mass is 10.6. The maximum atomic E-state index is 11.1. The van der Waals surface area contributed by atoms with E-state index < -0.39 is 10.0 Å². The van der Waals surface area contributed by atoms with E-state index in [-0.39, 0.29) is 11.3 Å². The van der Waals surface area contributed by atoms with Gasteiger partial charge in [0.15, 0.2) is 0 Å². The van der Waals surface area contributed by atoms with Crippen molar-refractivity contribution in [3.63, 3.8) is 0 Å². The van der Waals surface area contributed by atoms with E-state index in [0.29, 0.717) is 4.31 Å². The van der Waals surface area contributed by atoms with Crippen LogP contribution in [0.15, 0.2) is 11.0 Å². The van der Waals surface area contributed by atoms with Gasteiger partial charge in [-0.3, -0.25) is 4.79 Å². The zero-order valence-electron chi connectivity index (χ0n) is 6.73. The fraction of sp³-hybridized carbons (Fsp3) is 0.500. The summed E-state index contributed by atoms with van der Waals surface area (Å²) in [6, 6.07) is 0. The van der Waals surface area contributed by atoms with E-state index in [0.717, 1.165) is 0 Å². The summed E-state index contributed by atoms with van der Waals surface area (Å²) in [4.78, 5) is 10.3. The molecule has 0 saturated carbocycles. The van der Waals surface area contributed by atoms with Crippen molar-refractivity contribution in [3.05, 3.63) is 11.0 Å². The second-order valence-corrected chi connectivity index (χ2v) is 4.20. The van der Waals surface area contributed by atoms with Crippen LogP contribution < -0.4 is 0 Å². The summed E-state index contributed by atoms with van der Waals surface area (Å²) in [5, 5.41) is 0. The normalized spacial score (nSPS) is 12.8. The number of carbonyl (C=O) groups is 1. The van der Waals surface area contributed by atoms with Crippen molar-refractivity contribution in [2.45, 2.75) is 13.8 Å². The van der Waals surface area contributed by atoms with Crippen molar-refractivity contribution in [2.24, 2.45) is 0 Å². The first kappa shape index (κ1) is 10.2. The summed E-state index contributed by atoms with van der Waals surface area (Å²) in [5.74, 6) is 0. The average Bonchev–Trinajstić information content (AvgIpc) is 2.01. The first-order valence-electron chi connectivity index (χ1n) is 3.03. The highest BCUT2D eigenvalue weighted by molar-refractivity contribution is 7.93. The number of amides is 1. The summed E-state index contributed by atoms with van der Waals surface area (Å²) in [6.45, 7) is 3.04. The molecule has 0 bridgehead atoms. The minimum atomic E-state index is -3.51. The lowest BCUT2D eigenvalue weighted by molar-refractivity contribution is -0.113. The van der Waals surface area contributed by atoms with E-state index in [2.05, 4.69) is 0 Å². The van der Waals surface area contributed by atoms with Gasteiger partial charge in [0.1, 0.15) is 0 Å². The topological polar surface area (TPSA) is 54.5 Å². The number of allylic oxidation sites excluding steroid dienone is 2. The van der Waals surface area contributed by atoms with Gasteiger partial charge < -0.3 is 0 Å². The molecular weight excluding hydrogens is 166 g/mol. The molecule has 0 N–H and O–H groups in total. The molecule has 0 aromatic rings. The minimum Gasteiger partial charge on any atom is -0.278 e. The monoisotopic (exact) mass is 177 g/mol. The van der Waals surface area contributed by atoms with Crippen molar-refractivity contribution in [3.8, 4) is 0 Å². The Bertz CT molecular complexity index is 266. The Hall–Kier alpha value is -0.840. The van der Waals surface area contributed by atoms with Gasteiger partial charge in [0.25, 0.3) is 10.0 Å². The van der Waals surface area contributed by atoms with Gasteiger partial charge in [0.05, 0.1) is 4.91 Å². The zero-order valence-corrected chi connectivity index (χ0v) is 7.55. The van der Waals surface area contributed by atoms with Crippen LogP contribution >= 0.6 is 0 Å². The molecule has 0 aliphatic rings. The molecule has 0 spiro atoms. The van der Waals surface area contributed by atoms with Gasteiger partial charge in [-0.2, -0.15) is 0 Å². The number of rotatable bonds is 3. The molecule has 1 amide bonds. The van der Waals surface area contributed by atoms with E-state index in [9.17, 15) is 13.2 Å². The molecule has 4 nitrogen and oxygen atoms in total. The fourth-order valence-electron chi connectivity index (χ4n) is 0.433. The molecule has 0 saturated heterocycles. The summed E-state index contributed by atoms with van der Waals surface area (Å²) < 4.78 is 22.9. The molecule has 5 heteroatoms. The molecule has 0 aromatic carbocycles. The van der Waals surface area contributed by atoms with E-state index in [4.69, 9.17) is 0 Å². The van der Waals surface area contributed by atoms with Gasteiger partial charge in [0, 0.05) is 7.05 Å². The van der Waals surface area contributed by atoms with Crippen LogP contribution in [-0.4, -0.2) is 26.2 Å². The third-order valence-corrected chi connectivity index (χ3v) is 3.23. The first-order valence-corrected chi connectivity index (χ1v) is 4.47. The largest absolute Gasteiger partial charge is 0.278 e. The van der Waals surface area contributed by atoms with Crippen molar-refractivity contribution < 1.29 is 13.2 Å². The molecule has 11 heavy (non-hydrogen) atoms. The van der Waals surface area contributed by atoms with Crippen LogP contribution in [0.2, 0.25) is 0 Å². The maximum absolute atomic E-state index is 11.1. The Labute approximate surface area is 66.6 Å². The average molecular weight is 177 g/mol. The predicted molar refractivity (Wildman–Crippen MR) is 42.2 cm³/mol. The van der Waals surface area contributed by atoms with E-state index in [1.807, 2.05) is 0 Å². The fourth-order valence-corrected chi connectivity index (χ4v) is 1.30. The van der Waals surface area contributed by atoms with Gasteiger partial charge in [-0.25, -0.2) is 12.7 Å². The molecule has 64 valence electrons. The summed E-state index contributed by atoms with van der Waals surface area (Å²) in [7, 11) is -2.31. The van der Waals surface area contributed by atoms with Crippen LogP contribution in [0.25, 0.3) is 0 Å². The van der Waals surface area contributed by atoms with Crippen LogP contribution in [-0.2, 0) is 14.8 Å². The van der Waals surface area contributed by atoms with Gasteiger partial charge in [0.2, 0.25) is 6.41 Å². The number of hydrogen-bond acceptors (Lipinski definition) is 3. The second kappa shape index (κ2) is 3.52. The van der Waals surface area contributed by atoms with E-state index >= 15 is 0 Å². The molecule has 0 aliphatic carbocycles. The summed E-state index contributed by atoms with van der Waals surface area (Å²) in [6.07, 6.45) is 1.71. The number of hydrogen-bond donors (Lipinski definition) is 0. The third-order valence-electron chi connectivity index (χ3n) is 1.34. The molecule has 0 unspecified atom stereocenters. The standard InChI is InChI=1S/C6H11NO3S/c1-4-6(2)11(9,10)7(3)5-8/h4-5H,1-3H3/b6-4-. The molecule has 0 fully saturated rings. The minimum absolute atomic E-state index is 0.173. The van der Waals surface area contributed by atoms with Crippen LogP contribution in [0.1, 0.15) is 13.8 Å². The Morgan fingerprint density at radius 3 is 2.18 bits per heavy atom. The van der Waals surface area contributed by atoms with Gasteiger partial charge >= 0.3 is 0 Å². The lowest BCUT2D eigenvalue weighted by Crippen LogP contribution is -2.25. The van der Waals surface area contributed by atoms with E-state index in [1.165, 1.54) is 20.0 Å². The molecule has 0 heterocycles. The van der Waals surface area contributed by atoms with E-state index in [1.54, 1.807) is 6.92 Å². The predicted octanol–water partition coefficient (Wildman–Crippen LogP) is 0.328. The van der Waals surface area contributed by atoms with Crippen molar-refractivity contribution in [2.75, 3.05) is 7.05 Å². The number of nitrogens with zero attached hydrogens (tertiary/aromatic N) is 1. The molecule has 0 rings (SSSR count). The quantitative estimate of drug-likeness (QED) is 0.584. The first-order chi connectivity index (χ1) is 4.96. The van der Waals surface area contributed by atoms with Crippen molar-refractivity contribution >= 4 is 16.4 Å². The lowest BCUT2D eigenvalue weighted by Gasteiger charge is -2.10. The Morgan fingerprint density at radius 1 is 1.45 bits per heavy atom. The number of carbonyl (C=O) groups excluding carboxylic acids is 1. The van der Waals surface area contributed by atoms with Crippen LogP contribution in [0, 0.1) is 0 Å². The van der Waals surface area contributed by atoms with Crippen molar-refractivity contribution in [1.29, 1.82) is 0 Å². The Morgan fingerprint density at radius 2 is 1.91 bits per heavy atom. The SMILES string of the molecule is C/C=C(/C)S(=O)(=O)N(C)C=O. The molecule has 0 aliphatic heterocycles. The molecule has 0 aromatic heterocycles. The Balaban J connectivity index is 4.90. The molecule has 0 radical (unpaired) electrons.